The summed E-state index contributed by atoms with van der Waals surface area (Å²) in [4.78, 5) is 2.39. The average Bonchev–Trinajstić information content (AvgIpc) is 2.35. The summed E-state index contributed by atoms with van der Waals surface area (Å²) in [5.74, 6) is 0.565. The molecule has 0 unspecified atom stereocenters. The monoisotopic (exact) mass is 308 g/mol. The molecular formula is C16H24N2O2S. The highest BCUT2D eigenvalue weighted by atomic mass is 32.2. The Hall–Kier alpha value is -0.910. The van der Waals surface area contributed by atoms with Crippen LogP contribution in [-0.4, -0.2) is 49.6 Å². The Kier molecular flexibility index (Phi) is 3.84. The summed E-state index contributed by atoms with van der Waals surface area (Å²) < 4.78 is 25.1. The Morgan fingerprint density at radius 1 is 1.19 bits per heavy atom. The van der Waals surface area contributed by atoms with E-state index in [0.717, 1.165) is 32.6 Å². The first-order chi connectivity index (χ1) is 9.84. The van der Waals surface area contributed by atoms with Gasteiger partial charge in [-0.1, -0.05) is 18.2 Å². The van der Waals surface area contributed by atoms with Crippen LogP contribution in [0.1, 0.15) is 23.1 Å². The zero-order valence-corrected chi connectivity index (χ0v) is 13.9. The summed E-state index contributed by atoms with van der Waals surface area (Å²) in [6, 6.07) is 6.80. The fraction of sp³-hybridized carbons (Fsp3) is 0.625. The standard InChI is InChI=1S/C16H24N2O2S/c1-12-4-5-14(8-13(12)2)9-17-7-6-15-10-18(16(15)11-17)21(3,19)20/h4-5,8,15-16H,6-7,9-11H2,1-3H3/t15-,16-/m1/s1. The second-order valence-corrected chi connectivity index (χ2v) is 8.54. The van der Waals surface area contributed by atoms with E-state index >= 15 is 0 Å². The van der Waals surface area contributed by atoms with E-state index in [4.69, 9.17) is 0 Å². The van der Waals surface area contributed by atoms with Crippen LogP contribution in [0.2, 0.25) is 0 Å². The summed E-state index contributed by atoms with van der Waals surface area (Å²) in [7, 11) is -3.04. The molecule has 0 radical (unpaired) electrons. The number of nitrogens with zero attached hydrogens (tertiary/aromatic N) is 2. The van der Waals surface area contributed by atoms with Crippen LogP contribution < -0.4 is 0 Å². The Bertz CT molecular complexity index is 642. The lowest BCUT2D eigenvalue weighted by Gasteiger charge is -2.52. The van der Waals surface area contributed by atoms with Gasteiger partial charge in [-0.2, -0.15) is 4.31 Å². The predicted molar refractivity (Wildman–Crippen MR) is 84.6 cm³/mol. The van der Waals surface area contributed by atoms with Crippen molar-refractivity contribution < 1.29 is 8.42 Å². The van der Waals surface area contributed by atoms with E-state index in [2.05, 4.69) is 36.9 Å². The number of hydrogen-bond acceptors (Lipinski definition) is 3. The number of likely N-dealkylation sites (tertiary alicyclic amines) is 1. The van der Waals surface area contributed by atoms with Gasteiger partial charge in [0.2, 0.25) is 10.0 Å². The molecule has 5 heteroatoms. The summed E-state index contributed by atoms with van der Waals surface area (Å²) >= 11 is 0. The van der Waals surface area contributed by atoms with Crippen LogP contribution in [0.25, 0.3) is 0 Å². The molecule has 0 spiro atoms. The lowest BCUT2D eigenvalue weighted by atomic mass is 9.84. The number of fused-ring (bicyclic) bond motifs is 1. The summed E-state index contributed by atoms with van der Waals surface area (Å²) in [5, 5.41) is 0. The second-order valence-electron chi connectivity index (χ2n) is 6.60. The minimum Gasteiger partial charge on any atom is -0.297 e. The fourth-order valence-corrected chi connectivity index (χ4v) is 4.69. The Labute approximate surface area is 127 Å². The van der Waals surface area contributed by atoms with Gasteiger partial charge in [-0.25, -0.2) is 8.42 Å². The minimum absolute atomic E-state index is 0.195. The van der Waals surface area contributed by atoms with Crippen LogP contribution in [0.4, 0.5) is 0 Å². The van der Waals surface area contributed by atoms with Gasteiger partial charge in [0.05, 0.1) is 6.26 Å². The molecule has 1 aromatic carbocycles. The van der Waals surface area contributed by atoms with Crippen LogP contribution in [0.5, 0.6) is 0 Å². The smallest absolute Gasteiger partial charge is 0.211 e. The van der Waals surface area contributed by atoms with Gasteiger partial charge in [-0.15, -0.1) is 0 Å². The third-order valence-electron chi connectivity index (χ3n) is 4.99. The van der Waals surface area contributed by atoms with Crippen molar-refractivity contribution in [3.63, 3.8) is 0 Å². The van der Waals surface area contributed by atoms with E-state index in [1.807, 2.05) is 0 Å². The third kappa shape index (κ3) is 3.00. The SMILES string of the molecule is Cc1ccc(CN2CC[C@@H]3CN(S(C)(=O)=O)[C@@H]3C2)cc1C. The van der Waals surface area contributed by atoms with Gasteiger partial charge in [0.15, 0.2) is 0 Å². The fourth-order valence-electron chi connectivity index (χ4n) is 3.50. The number of piperidine rings is 1. The van der Waals surface area contributed by atoms with Crippen molar-refractivity contribution in [2.75, 3.05) is 25.9 Å². The van der Waals surface area contributed by atoms with Gasteiger partial charge in [0.25, 0.3) is 0 Å². The summed E-state index contributed by atoms with van der Waals surface area (Å²) in [6.07, 6.45) is 2.44. The highest BCUT2D eigenvalue weighted by Gasteiger charge is 2.46. The third-order valence-corrected chi connectivity index (χ3v) is 6.27. The number of rotatable bonds is 3. The molecule has 2 fully saturated rings. The maximum atomic E-state index is 11.7. The number of aryl methyl sites for hydroxylation is 2. The van der Waals surface area contributed by atoms with Gasteiger partial charge in [0.1, 0.15) is 0 Å². The molecule has 0 bridgehead atoms. The maximum Gasteiger partial charge on any atom is 0.211 e. The molecule has 4 nitrogen and oxygen atoms in total. The maximum absolute atomic E-state index is 11.7. The number of benzene rings is 1. The van der Waals surface area contributed by atoms with Crippen molar-refractivity contribution >= 4 is 10.0 Å². The van der Waals surface area contributed by atoms with Crippen molar-refractivity contribution in [1.29, 1.82) is 0 Å². The molecule has 0 saturated carbocycles. The van der Waals surface area contributed by atoms with E-state index in [0.29, 0.717) is 5.92 Å². The van der Waals surface area contributed by atoms with Gasteiger partial charge in [0, 0.05) is 25.7 Å². The number of hydrogen-bond donors (Lipinski definition) is 0. The Morgan fingerprint density at radius 2 is 1.95 bits per heavy atom. The first kappa shape index (κ1) is 15.0. The molecule has 2 aliphatic heterocycles. The van der Waals surface area contributed by atoms with Crippen LogP contribution in [0, 0.1) is 19.8 Å². The zero-order chi connectivity index (χ0) is 15.2. The quantitative estimate of drug-likeness (QED) is 0.854. The van der Waals surface area contributed by atoms with Gasteiger partial charge in [-0.3, -0.25) is 4.90 Å². The zero-order valence-electron chi connectivity index (χ0n) is 13.0. The normalized spacial score (nSPS) is 27.2. The molecule has 0 aromatic heterocycles. The van der Waals surface area contributed by atoms with E-state index in [-0.39, 0.29) is 6.04 Å². The molecule has 2 saturated heterocycles. The van der Waals surface area contributed by atoms with Gasteiger partial charge in [-0.05, 0) is 49.4 Å². The van der Waals surface area contributed by atoms with E-state index < -0.39 is 10.0 Å². The van der Waals surface area contributed by atoms with Gasteiger partial charge >= 0.3 is 0 Å². The molecule has 21 heavy (non-hydrogen) atoms. The molecule has 0 N–H and O–H groups in total. The van der Waals surface area contributed by atoms with E-state index in [1.165, 1.54) is 22.9 Å². The van der Waals surface area contributed by atoms with Crippen molar-refractivity contribution in [3.8, 4) is 0 Å². The van der Waals surface area contributed by atoms with Crippen LogP contribution in [0.15, 0.2) is 18.2 Å². The van der Waals surface area contributed by atoms with Gasteiger partial charge < -0.3 is 0 Å². The summed E-state index contributed by atoms with van der Waals surface area (Å²) in [6.45, 7) is 7.85. The minimum atomic E-state index is -3.04. The van der Waals surface area contributed by atoms with Crippen LogP contribution >= 0.6 is 0 Å². The number of sulfonamides is 1. The first-order valence-corrected chi connectivity index (χ1v) is 9.45. The highest BCUT2D eigenvalue weighted by Crippen LogP contribution is 2.34. The average molecular weight is 308 g/mol. The molecule has 3 rings (SSSR count). The Balaban J connectivity index is 1.66. The van der Waals surface area contributed by atoms with Crippen molar-refractivity contribution in [3.05, 3.63) is 34.9 Å². The molecule has 2 aliphatic rings. The lowest BCUT2D eigenvalue weighted by molar-refractivity contribution is 0.0110. The predicted octanol–water partition coefficient (Wildman–Crippen LogP) is 1.77. The van der Waals surface area contributed by atoms with Crippen molar-refractivity contribution in [2.45, 2.75) is 32.9 Å². The summed E-state index contributed by atoms with van der Waals surface area (Å²) in [5.41, 5.74) is 3.96. The van der Waals surface area contributed by atoms with Crippen LogP contribution in [0.3, 0.4) is 0 Å². The molecule has 2 heterocycles. The van der Waals surface area contributed by atoms with Crippen molar-refractivity contribution in [1.82, 2.24) is 9.21 Å². The lowest BCUT2D eigenvalue weighted by Crippen LogP contribution is -2.65. The molecule has 0 amide bonds. The first-order valence-electron chi connectivity index (χ1n) is 7.60. The van der Waals surface area contributed by atoms with Crippen molar-refractivity contribution in [2.24, 2.45) is 5.92 Å². The second kappa shape index (κ2) is 5.38. The van der Waals surface area contributed by atoms with Crippen LogP contribution in [-0.2, 0) is 16.6 Å². The molecule has 0 aliphatic carbocycles. The molecule has 2 atom stereocenters. The molecular weight excluding hydrogens is 284 g/mol. The Morgan fingerprint density at radius 3 is 2.62 bits per heavy atom. The molecule has 1 aromatic rings. The largest absolute Gasteiger partial charge is 0.297 e. The van der Waals surface area contributed by atoms with E-state index in [9.17, 15) is 8.42 Å². The van der Waals surface area contributed by atoms with E-state index in [1.54, 1.807) is 4.31 Å². The molecule has 116 valence electrons. The highest BCUT2D eigenvalue weighted by molar-refractivity contribution is 7.88. The topological polar surface area (TPSA) is 40.6 Å².